The van der Waals surface area contributed by atoms with Crippen LogP contribution in [0.5, 0.6) is 0 Å². The lowest BCUT2D eigenvalue weighted by molar-refractivity contribution is -0.224. The van der Waals surface area contributed by atoms with Crippen molar-refractivity contribution in [2.24, 2.45) is 0 Å². The molecule has 7 heteroatoms. The SMILES string of the molecule is C=C.O=P(O)(OO)OO. The zero-order chi connectivity index (χ0) is 7.91. The van der Waals surface area contributed by atoms with Gasteiger partial charge >= 0.3 is 7.82 Å². The molecule has 0 heterocycles. The summed E-state index contributed by atoms with van der Waals surface area (Å²) in [6, 6.07) is 0. The maximum atomic E-state index is 9.56. The molecule has 6 nitrogen and oxygen atoms in total. The highest BCUT2D eigenvalue weighted by atomic mass is 31.2. The van der Waals surface area contributed by atoms with E-state index in [1.54, 1.807) is 0 Å². The van der Waals surface area contributed by atoms with Crippen molar-refractivity contribution in [3.63, 3.8) is 0 Å². The molecule has 3 N–H and O–H groups in total. The second kappa shape index (κ2) is 5.90. The molecule has 0 aromatic carbocycles. The molecule has 0 amide bonds. The lowest BCUT2D eigenvalue weighted by Crippen LogP contribution is -1.84. The summed E-state index contributed by atoms with van der Waals surface area (Å²) in [6.45, 7) is 6.00. The minimum Gasteiger partial charge on any atom is -0.299 e. The molecule has 0 atom stereocenters. The first-order chi connectivity index (χ1) is 4.12. The lowest BCUT2D eigenvalue weighted by atomic mass is 11.3. The third-order valence-corrected chi connectivity index (χ3v) is 0.619. The van der Waals surface area contributed by atoms with Crippen molar-refractivity contribution in [3.05, 3.63) is 13.2 Å². The average Bonchev–Trinajstić information content (AvgIpc) is 1.93. The topological polar surface area (TPSA) is 96.2 Å². The molecule has 0 aromatic rings. The maximum absolute atomic E-state index is 9.56. The number of rotatable bonds is 2. The van der Waals surface area contributed by atoms with Crippen LogP contribution in [0.15, 0.2) is 13.2 Å². The van der Waals surface area contributed by atoms with Gasteiger partial charge in [-0.25, -0.2) is 15.1 Å². The van der Waals surface area contributed by atoms with Crippen LogP contribution in [0.1, 0.15) is 0 Å². The molecule has 0 aliphatic carbocycles. The standard InChI is InChI=1S/C2H4.H3O6P/c1-2;1-5-7(3,4)6-2/h1-2H2;1-2H,(H,3,4). The molecule has 0 saturated carbocycles. The van der Waals surface area contributed by atoms with Gasteiger partial charge in [-0.05, 0) is 0 Å². The predicted molar refractivity (Wildman–Crippen MR) is 28.5 cm³/mol. The van der Waals surface area contributed by atoms with Crippen LogP contribution in [-0.2, 0) is 13.9 Å². The summed E-state index contributed by atoms with van der Waals surface area (Å²) in [7, 11) is -4.54. The van der Waals surface area contributed by atoms with Crippen LogP contribution in [0, 0.1) is 0 Å². The Morgan fingerprint density at radius 3 is 1.44 bits per heavy atom. The van der Waals surface area contributed by atoms with Gasteiger partial charge in [0.25, 0.3) is 0 Å². The Labute approximate surface area is 51.4 Å². The second-order valence-electron chi connectivity index (χ2n) is 0.632. The molecule has 0 spiro atoms. The lowest BCUT2D eigenvalue weighted by Gasteiger charge is -1.96. The normalized spacial score (nSPS) is 9.67. The van der Waals surface area contributed by atoms with Gasteiger partial charge < -0.3 is 0 Å². The van der Waals surface area contributed by atoms with E-state index in [4.69, 9.17) is 15.4 Å². The fourth-order valence-corrected chi connectivity index (χ4v) is 0.0447. The molecule has 0 radical (unpaired) electrons. The third kappa shape index (κ3) is 7.77. The summed E-state index contributed by atoms with van der Waals surface area (Å²) in [4.78, 5) is 7.74. The summed E-state index contributed by atoms with van der Waals surface area (Å²) < 4.78 is 15.0. The monoisotopic (exact) mass is 158 g/mol. The van der Waals surface area contributed by atoms with Crippen LogP contribution in [0.3, 0.4) is 0 Å². The van der Waals surface area contributed by atoms with Crippen LogP contribution in [0.25, 0.3) is 0 Å². The summed E-state index contributed by atoms with van der Waals surface area (Å²) in [5.41, 5.74) is 0. The number of hydrogen-bond donors (Lipinski definition) is 3. The molecule has 0 rings (SSSR count). The van der Waals surface area contributed by atoms with Crippen LogP contribution in [-0.4, -0.2) is 15.4 Å². The molecule has 0 unspecified atom stereocenters. The molecule has 0 aliphatic rings. The van der Waals surface area contributed by atoms with Crippen molar-refractivity contribution < 1.29 is 29.3 Å². The van der Waals surface area contributed by atoms with Gasteiger partial charge in [0.15, 0.2) is 0 Å². The van der Waals surface area contributed by atoms with Crippen molar-refractivity contribution in [1.82, 2.24) is 0 Å². The number of hydrogen-bond acceptors (Lipinski definition) is 5. The van der Waals surface area contributed by atoms with Crippen molar-refractivity contribution in [3.8, 4) is 0 Å². The Kier molecular flexibility index (Phi) is 7.57. The van der Waals surface area contributed by atoms with Gasteiger partial charge in [0.2, 0.25) is 0 Å². The summed E-state index contributed by atoms with van der Waals surface area (Å²) in [5.74, 6) is 0. The molecule has 0 bridgehead atoms. The second-order valence-corrected chi connectivity index (χ2v) is 1.90. The molecule has 0 aliphatic heterocycles. The van der Waals surface area contributed by atoms with Crippen molar-refractivity contribution in [2.45, 2.75) is 0 Å². The maximum Gasteiger partial charge on any atom is 0.526 e. The Bertz CT molecular complexity index is 93.2. The molecule has 0 saturated heterocycles. The van der Waals surface area contributed by atoms with Crippen molar-refractivity contribution in [1.29, 1.82) is 0 Å². The summed E-state index contributed by atoms with van der Waals surface area (Å²) in [6.07, 6.45) is 0. The zero-order valence-electron chi connectivity index (χ0n) is 4.43. The van der Waals surface area contributed by atoms with Gasteiger partial charge in [0, 0.05) is 0 Å². The predicted octanol–water partition coefficient (Wildman–Crippen LogP) is 0.868. The average molecular weight is 158 g/mol. The Balaban J connectivity index is 0. The third-order valence-electron chi connectivity index (χ3n) is 0.206. The van der Waals surface area contributed by atoms with Crippen molar-refractivity contribution >= 4 is 7.82 Å². The minimum atomic E-state index is -4.54. The van der Waals surface area contributed by atoms with E-state index in [-0.39, 0.29) is 0 Å². The van der Waals surface area contributed by atoms with Crippen LogP contribution in [0.2, 0.25) is 0 Å². The van der Waals surface area contributed by atoms with E-state index in [1.165, 1.54) is 0 Å². The molecule has 56 valence electrons. The fourth-order valence-electron chi connectivity index (χ4n) is 0.0149. The van der Waals surface area contributed by atoms with Gasteiger partial charge in [-0.15, -0.1) is 22.5 Å². The number of phosphoric acid groups is 1. The summed E-state index contributed by atoms with van der Waals surface area (Å²) in [5, 5.41) is 14.6. The van der Waals surface area contributed by atoms with Gasteiger partial charge in [-0.1, -0.05) is 0 Å². The van der Waals surface area contributed by atoms with E-state index in [9.17, 15) is 4.57 Å². The first-order valence-corrected chi connectivity index (χ1v) is 3.11. The van der Waals surface area contributed by atoms with E-state index in [0.717, 1.165) is 0 Å². The van der Waals surface area contributed by atoms with Gasteiger partial charge in [-0.2, -0.15) is 0 Å². The molecular formula is C2H7O6P. The van der Waals surface area contributed by atoms with Crippen LogP contribution >= 0.6 is 7.82 Å². The highest BCUT2D eigenvalue weighted by Gasteiger charge is 2.19. The highest BCUT2D eigenvalue weighted by Crippen LogP contribution is 2.39. The summed E-state index contributed by atoms with van der Waals surface area (Å²) >= 11 is 0. The minimum absolute atomic E-state index is 2.73. The molecule has 0 fully saturated rings. The smallest absolute Gasteiger partial charge is 0.299 e. The Morgan fingerprint density at radius 2 is 1.44 bits per heavy atom. The van der Waals surface area contributed by atoms with E-state index >= 15 is 0 Å². The molecular weight excluding hydrogens is 151 g/mol. The quantitative estimate of drug-likeness (QED) is 0.239. The molecule has 9 heavy (non-hydrogen) atoms. The van der Waals surface area contributed by atoms with Gasteiger partial charge in [0.1, 0.15) is 0 Å². The Morgan fingerprint density at radius 1 is 1.22 bits per heavy atom. The van der Waals surface area contributed by atoms with Gasteiger partial charge in [-0.3, -0.25) is 4.89 Å². The van der Waals surface area contributed by atoms with Crippen molar-refractivity contribution in [2.75, 3.05) is 0 Å². The first-order valence-electron chi connectivity index (χ1n) is 1.61. The van der Waals surface area contributed by atoms with Crippen LogP contribution < -0.4 is 0 Å². The van der Waals surface area contributed by atoms with E-state index in [2.05, 4.69) is 22.5 Å². The van der Waals surface area contributed by atoms with E-state index in [1.807, 2.05) is 0 Å². The zero-order valence-corrected chi connectivity index (χ0v) is 5.32. The largest absolute Gasteiger partial charge is 0.526 e. The highest BCUT2D eigenvalue weighted by molar-refractivity contribution is 7.47. The van der Waals surface area contributed by atoms with E-state index in [0.29, 0.717) is 0 Å². The van der Waals surface area contributed by atoms with E-state index < -0.39 is 7.82 Å². The molecule has 0 aromatic heterocycles. The van der Waals surface area contributed by atoms with Crippen LogP contribution in [0.4, 0.5) is 0 Å². The first kappa shape index (κ1) is 11.6. The Hall–Kier alpha value is -0.230. The fraction of sp³-hybridized carbons (Fsp3) is 0. The van der Waals surface area contributed by atoms with Gasteiger partial charge in [0.05, 0.1) is 0 Å².